The molecule has 0 bridgehead atoms. The molecule has 4 nitrogen and oxygen atoms in total. The molecule has 0 saturated carbocycles. The number of rotatable bonds is 4. The first kappa shape index (κ1) is 13.5. The maximum absolute atomic E-state index is 12.3. The minimum absolute atomic E-state index is 0.150. The maximum atomic E-state index is 12.3. The number of hydrogen-bond donors (Lipinski definition) is 1. The van der Waals surface area contributed by atoms with E-state index in [9.17, 15) is 12.8 Å². The summed E-state index contributed by atoms with van der Waals surface area (Å²) in [6.07, 6.45) is 1.43. The van der Waals surface area contributed by atoms with Crippen molar-refractivity contribution in [3.63, 3.8) is 0 Å². The Bertz CT molecular complexity index is 669. The molecule has 2 rings (SSSR count). The molecule has 1 heterocycles. The van der Waals surface area contributed by atoms with Crippen LogP contribution in [0.5, 0.6) is 0 Å². The largest absolute Gasteiger partial charge is 0.359 e. The van der Waals surface area contributed by atoms with Crippen LogP contribution in [0.15, 0.2) is 33.8 Å². The van der Waals surface area contributed by atoms with Gasteiger partial charge in [0, 0.05) is 29.6 Å². The molecule has 0 aliphatic heterocycles. The average Bonchev–Trinajstić information content (AvgIpc) is 2.75. The Morgan fingerprint density at radius 2 is 2.17 bits per heavy atom. The summed E-state index contributed by atoms with van der Waals surface area (Å²) in [5, 5.41) is 0.593. The first-order chi connectivity index (χ1) is 8.48. The molecule has 1 aromatic heterocycles. The molecule has 98 valence electrons. The zero-order valence-electron chi connectivity index (χ0n) is 9.65. The first-order valence-electron chi connectivity index (χ1n) is 5.26. The van der Waals surface area contributed by atoms with Crippen molar-refractivity contribution in [2.24, 2.45) is 0 Å². The molecule has 0 unspecified atom stereocenters. The van der Waals surface area contributed by atoms with Crippen molar-refractivity contribution in [2.45, 2.75) is 4.90 Å². The Balaban J connectivity index is 2.58. The Morgan fingerprint density at radius 1 is 1.44 bits per heavy atom. The van der Waals surface area contributed by atoms with Gasteiger partial charge in [-0.15, -0.1) is 0 Å². The van der Waals surface area contributed by atoms with Gasteiger partial charge in [0.05, 0.1) is 5.52 Å². The number of sulfonamides is 1. The summed E-state index contributed by atoms with van der Waals surface area (Å²) in [6, 6.07) is 5.29. The van der Waals surface area contributed by atoms with Crippen molar-refractivity contribution in [3.8, 4) is 0 Å². The van der Waals surface area contributed by atoms with Crippen LogP contribution in [0.4, 0.5) is 4.39 Å². The lowest BCUT2D eigenvalue weighted by atomic mass is 10.2. The molecule has 0 radical (unpaired) electrons. The number of benzene rings is 1. The Labute approximate surface area is 113 Å². The second-order valence-electron chi connectivity index (χ2n) is 3.83. The van der Waals surface area contributed by atoms with Crippen molar-refractivity contribution in [1.29, 1.82) is 0 Å². The van der Waals surface area contributed by atoms with Gasteiger partial charge in [0.2, 0.25) is 10.0 Å². The van der Waals surface area contributed by atoms with Gasteiger partial charge in [0.15, 0.2) is 0 Å². The average molecular weight is 335 g/mol. The smallest absolute Gasteiger partial charge is 0.245 e. The lowest BCUT2D eigenvalue weighted by Crippen LogP contribution is -2.28. The van der Waals surface area contributed by atoms with Crippen LogP contribution in [0.2, 0.25) is 0 Å². The molecule has 0 spiro atoms. The normalized spacial score (nSPS) is 12.4. The highest BCUT2D eigenvalue weighted by atomic mass is 79.9. The topological polar surface area (TPSA) is 53.2 Å². The van der Waals surface area contributed by atoms with Gasteiger partial charge in [0.25, 0.3) is 0 Å². The highest BCUT2D eigenvalue weighted by Gasteiger charge is 2.24. The molecule has 1 aromatic carbocycles. The van der Waals surface area contributed by atoms with Crippen molar-refractivity contribution >= 4 is 36.9 Å². The quantitative estimate of drug-likeness (QED) is 0.933. The SMILES string of the molecule is CN(CCF)S(=O)(=O)c1c[nH]c2c(Br)cccc12. The van der Waals surface area contributed by atoms with Crippen molar-refractivity contribution in [2.75, 3.05) is 20.3 Å². The zero-order chi connectivity index (χ0) is 13.3. The van der Waals surface area contributed by atoms with Gasteiger partial charge in [-0.3, -0.25) is 0 Å². The van der Waals surface area contributed by atoms with E-state index in [0.29, 0.717) is 10.9 Å². The van der Waals surface area contributed by atoms with Crippen molar-refractivity contribution < 1.29 is 12.8 Å². The molecule has 1 N–H and O–H groups in total. The van der Waals surface area contributed by atoms with E-state index in [4.69, 9.17) is 0 Å². The van der Waals surface area contributed by atoms with E-state index < -0.39 is 16.7 Å². The Morgan fingerprint density at radius 3 is 2.83 bits per heavy atom. The van der Waals surface area contributed by atoms with Crippen LogP contribution in [-0.4, -0.2) is 38.0 Å². The van der Waals surface area contributed by atoms with Gasteiger partial charge in [-0.25, -0.2) is 12.8 Å². The van der Waals surface area contributed by atoms with Crippen LogP contribution in [0.1, 0.15) is 0 Å². The number of H-pyrrole nitrogens is 1. The fraction of sp³-hybridized carbons (Fsp3) is 0.273. The molecule has 0 atom stereocenters. The van der Waals surface area contributed by atoms with Crippen LogP contribution in [0, 0.1) is 0 Å². The number of halogens is 2. The van der Waals surface area contributed by atoms with Gasteiger partial charge in [-0.05, 0) is 22.0 Å². The molecule has 0 aliphatic carbocycles. The Hall–Kier alpha value is -0.920. The molecule has 0 saturated heterocycles. The molecule has 7 heteroatoms. The minimum atomic E-state index is -3.66. The predicted octanol–water partition coefficient (Wildman–Crippen LogP) is 2.52. The predicted molar refractivity (Wildman–Crippen MR) is 71.8 cm³/mol. The van der Waals surface area contributed by atoms with Crippen LogP contribution in [0.3, 0.4) is 0 Å². The first-order valence-corrected chi connectivity index (χ1v) is 7.49. The highest BCUT2D eigenvalue weighted by molar-refractivity contribution is 9.10. The van der Waals surface area contributed by atoms with E-state index in [-0.39, 0.29) is 11.4 Å². The van der Waals surface area contributed by atoms with E-state index in [1.165, 1.54) is 13.2 Å². The summed E-state index contributed by atoms with van der Waals surface area (Å²) < 4.78 is 38.5. The fourth-order valence-corrected chi connectivity index (χ4v) is 3.49. The molecule has 0 aliphatic rings. The van der Waals surface area contributed by atoms with Gasteiger partial charge < -0.3 is 4.98 Å². The summed E-state index contributed by atoms with van der Waals surface area (Å²) in [7, 11) is -2.29. The van der Waals surface area contributed by atoms with Crippen molar-refractivity contribution in [1.82, 2.24) is 9.29 Å². The third-order valence-electron chi connectivity index (χ3n) is 2.71. The lowest BCUT2D eigenvalue weighted by molar-refractivity contribution is 0.394. The van der Waals surface area contributed by atoms with E-state index in [1.807, 2.05) is 6.07 Å². The number of nitrogens with one attached hydrogen (secondary N) is 1. The minimum Gasteiger partial charge on any atom is -0.359 e. The van der Waals surface area contributed by atoms with Crippen LogP contribution in [0.25, 0.3) is 10.9 Å². The summed E-state index contributed by atoms with van der Waals surface area (Å²) in [4.78, 5) is 3.07. The van der Waals surface area contributed by atoms with E-state index in [2.05, 4.69) is 20.9 Å². The number of aromatic amines is 1. The van der Waals surface area contributed by atoms with Crippen LogP contribution < -0.4 is 0 Å². The monoisotopic (exact) mass is 334 g/mol. The summed E-state index contributed by atoms with van der Waals surface area (Å²) >= 11 is 3.35. The van der Waals surface area contributed by atoms with Gasteiger partial charge in [0.1, 0.15) is 11.6 Å². The summed E-state index contributed by atoms with van der Waals surface area (Å²) in [6.45, 7) is -0.856. The fourth-order valence-electron chi connectivity index (χ4n) is 1.71. The molecular formula is C11H12BrFN2O2S. The van der Waals surface area contributed by atoms with E-state index >= 15 is 0 Å². The van der Waals surface area contributed by atoms with Gasteiger partial charge >= 0.3 is 0 Å². The summed E-state index contributed by atoms with van der Waals surface area (Å²) in [5.41, 5.74) is 0.713. The standard InChI is InChI=1S/C11H12BrFN2O2S/c1-15(6-5-13)18(16,17)10-7-14-11-8(10)3-2-4-9(11)12/h2-4,7,14H,5-6H2,1H3. The Kier molecular flexibility index (Phi) is 3.74. The summed E-state index contributed by atoms with van der Waals surface area (Å²) in [5.74, 6) is 0. The van der Waals surface area contributed by atoms with E-state index in [1.54, 1.807) is 12.1 Å². The van der Waals surface area contributed by atoms with Crippen LogP contribution in [-0.2, 0) is 10.0 Å². The highest BCUT2D eigenvalue weighted by Crippen LogP contribution is 2.29. The molecule has 0 amide bonds. The second kappa shape index (κ2) is 4.99. The zero-order valence-corrected chi connectivity index (χ0v) is 12.1. The van der Waals surface area contributed by atoms with E-state index in [0.717, 1.165) is 8.78 Å². The number of aromatic nitrogens is 1. The number of hydrogen-bond acceptors (Lipinski definition) is 2. The van der Waals surface area contributed by atoms with Gasteiger partial charge in [-0.1, -0.05) is 12.1 Å². The van der Waals surface area contributed by atoms with Crippen molar-refractivity contribution in [3.05, 3.63) is 28.9 Å². The molecule has 0 fully saturated rings. The molecule has 18 heavy (non-hydrogen) atoms. The number of fused-ring (bicyclic) bond motifs is 1. The second-order valence-corrected chi connectivity index (χ2v) is 6.70. The van der Waals surface area contributed by atoms with Gasteiger partial charge in [-0.2, -0.15) is 4.31 Å². The maximum Gasteiger partial charge on any atom is 0.245 e. The molecule has 2 aromatic rings. The number of nitrogens with zero attached hydrogens (tertiary/aromatic N) is 1. The lowest BCUT2D eigenvalue weighted by Gasteiger charge is -2.14. The number of para-hydroxylation sites is 1. The third kappa shape index (κ3) is 2.17. The third-order valence-corrected chi connectivity index (χ3v) is 5.27. The number of alkyl halides is 1. The molecular weight excluding hydrogens is 323 g/mol. The van der Waals surface area contributed by atoms with Crippen LogP contribution >= 0.6 is 15.9 Å².